The van der Waals surface area contributed by atoms with E-state index in [0.717, 1.165) is 38.8 Å². The van der Waals surface area contributed by atoms with Gasteiger partial charge in [-0.3, -0.25) is 4.57 Å². The molecule has 7 rings (SSSR count). The molecule has 0 saturated carbocycles. The zero-order valence-electron chi connectivity index (χ0n) is 32.0. The molecule has 284 valence electrons. The smallest absolute Gasteiger partial charge is 0.234 e. The van der Waals surface area contributed by atoms with E-state index in [4.69, 9.17) is 14.2 Å². The molecule has 7 aromatic rings. The van der Waals surface area contributed by atoms with Gasteiger partial charge < -0.3 is 28.6 Å². The highest BCUT2D eigenvalue weighted by Crippen LogP contribution is 2.42. The molecule has 4 aromatic carbocycles. The number of nitrogens with zero attached hydrogens (tertiary/aromatic N) is 6. The summed E-state index contributed by atoms with van der Waals surface area (Å²) in [7, 11) is 11.4. The van der Waals surface area contributed by atoms with Crippen LogP contribution in [0.1, 0.15) is 28.2 Å². The zero-order chi connectivity index (χ0) is 38.6. The molecule has 2 unspecified atom stereocenters. The number of rotatable bonds is 15. The van der Waals surface area contributed by atoms with Crippen molar-refractivity contribution in [1.29, 1.82) is 0 Å². The van der Waals surface area contributed by atoms with Gasteiger partial charge >= 0.3 is 0 Å². The molecule has 2 atom stereocenters. The third kappa shape index (κ3) is 7.90. The topological polar surface area (TPSA) is 69.8 Å². The van der Waals surface area contributed by atoms with Gasteiger partial charge in [0.15, 0.2) is 0 Å². The molecular weight excluding hydrogens is 699 g/mol. The average Bonchev–Trinajstić information content (AvgIpc) is 3.75. The molecule has 11 heteroatoms. The largest absolute Gasteiger partial charge is 0.497 e. The van der Waals surface area contributed by atoms with Gasteiger partial charge in [0.25, 0.3) is 0 Å². The second-order valence-corrected chi connectivity index (χ2v) is 14.3. The molecule has 0 N–H and O–H groups in total. The third-order valence-electron chi connectivity index (χ3n) is 10.1. The first-order valence-corrected chi connectivity index (χ1v) is 18.2. The van der Waals surface area contributed by atoms with E-state index in [0.29, 0.717) is 54.6 Å². The fourth-order valence-corrected chi connectivity index (χ4v) is 7.59. The van der Waals surface area contributed by atoms with E-state index in [-0.39, 0.29) is 17.8 Å². The van der Waals surface area contributed by atoms with Gasteiger partial charge in [-0.15, -0.1) is 0 Å². The van der Waals surface area contributed by atoms with Crippen molar-refractivity contribution in [3.05, 3.63) is 144 Å². The number of ether oxygens (including phenoxy) is 3. The summed E-state index contributed by atoms with van der Waals surface area (Å²) in [6.45, 7) is 1.41. The Balaban J connectivity index is 1.40. The molecule has 3 heterocycles. The van der Waals surface area contributed by atoms with Gasteiger partial charge in [-0.25, -0.2) is 18.7 Å². The third-order valence-corrected chi connectivity index (χ3v) is 10.1. The quantitative estimate of drug-likeness (QED) is 0.105. The summed E-state index contributed by atoms with van der Waals surface area (Å²) in [6, 6.07) is 25.6. The van der Waals surface area contributed by atoms with Crippen LogP contribution < -0.4 is 14.2 Å². The Kier molecular flexibility index (Phi) is 11.1. The number of hydrogen-bond acceptors (Lipinski definition) is 7. The lowest BCUT2D eigenvalue weighted by atomic mass is 9.85. The van der Waals surface area contributed by atoms with E-state index >= 15 is 8.78 Å². The van der Waals surface area contributed by atoms with Crippen LogP contribution in [0.15, 0.2) is 110 Å². The minimum absolute atomic E-state index is 0.127. The molecule has 0 aliphatic rings. The van der Waals surface area contributed by atoms with Crippen LogP contribution >= 0.6 is 0 Å². The lowest BCUT2D eigenvalue weighted by Gasteiger charge is -2.34. The van der Waals surface area contributed by atoms with Gasteiger partial charge in [0.1, 0.15) is 35.5 Å². The van der Waals surface area contributed by atoms with Crippen LogP contribution in [0.2, 0.25) is 0 Å². The van der Waals surface area contributed by atoms with Gasteiger partial charge in [-0.2, -0.15) is 0 Å². The number of fused-ring (bicyclic) bond motifs is 2. The predicted molar refractivity (Wildman–Crippen MR) is 213 cm³/mol. The Morgan fingerprint density at radius 3 is 2.18 bits per heavy atom. The van der Waals surface area contributed by atoms with Gasteiger partial charge in [0.05, 0.1) is 25.3 Å². The molecule has 0 amide bonds. The van der Waals surface area contributed by atoms with Crippen molar-refractivity contribution in [2.24, 2.45) is 0 Å². The summed E-state index contributed by atoms with van der Waals surface area (Å²) in [6.07, 6.45) is 7.95. The number of hydrogen-bond donors (Lipinski definition) is 0. The molecule has 0 aliphatic carbocycles. The lowest BCUT2D eigenvalue weighted by molar-refractivity contribution is 0.219. The Hall–Kier alpha value is -5.78. The first-order chi connectivity index (χ1) is 26.6. The van der Waals surface area contributed by atoms with Crippen molar-refractivity contribution in [2.45, 2.75) is 31.5 Å². The molecule has 0 bridgehead atoms. The Labute approximate surface area is 320 Å². The first-order valence-electron chi connectivity index (χ1n) is 18.2. The van der Waals surface area contributed by atoms with Crippen LogP contribution in [0, 0.1) is 11.6 Å². The number of benzene rings is 4. The highest BCUT2D eigenvalue weighted by Gasteiger charge is 2.33. The highest BCUT2D eigenvalue weighted by atomic mass is 19.1. The molecule has 55 heavy (non-hydrogen) atoms. The Bertz CT molecular complexity index is 2380. The minimum Gasteiger partial charge on any atom is -0.497 e. The summed E-state index contributed by atoms with van der Waals surface area (Å²) in [5, 5.41) is 1.52. The molecule has 0 saturated heterocycles. The van der Waals surface area contributed by atoms with E-state index in [1.807, 2.05) is 84.0 Å². The second-order valence-electron chi connectivity index (χ2n) is 14.3. The Morgan fingerprint density at radius 2 is 1.51 bits per heavy atom. The summed E-state index contributed by atoms with van der Waals surface area (Å²) in [5.74, 6) is 1.32. The summed E-state index contributed by atoms with van der Waals surface area (Å²) >= 11 is 0. The molecule has 0 spiro atoms. The van der Waals surface area contributed by atoms with Crippen molar-refractivity contribution in [3.63, 3.8) is 0 Å². The second kappa shape index (κ2) is 16.3. The van der Waals surface area contributed by atoms with Crippen LogP contribution in [0.5, 0.6) is 17.2 Å². The number of aromatic nitrogens is 4. The maximum atomic E-state index is 16.3. The van der Waals surface area contributed by atoms with Gasteiger partial charge in [-0.1, -0.05) is 42.5 Å². The summed E-state index contributed by atoms with van der Waals surface area (Å²) < 4.78 is 53.0. The molecule has 9 nitrogen and oxygen atoms in total. The maximum absolute atomic E-state index is 16.3. The minimum atomic E-state index is -0.421. The number of halogens is 2. The number of methoxy groups -OCH3 is 2. The molecular formula is C44H46F2N6O3. The van der Waals surface area contributed by atoms with Crippen molar-refractivity contribution >= 4 is 21.8 Å². The van der Waals surface area contributed by atoms with E-state index in [2.05, 4.69) is 40.1 Å². The standard InChI is InChI=1S/C44H46F2N6O3/c1-49(2)26-34(37(50(3)4)21-31-25-52(44-47-19-10-20-48-44)38-22-32(45)23-40(54-6)41(31)38)35-27-51(24-29-13-15-33(53-5)16-14-29)43-36(46)17-18-39(42(35)43)55-28-30-11-8-7-9-12-30/h7-20,22-23,25,27,34,37H,21,24,26,28H2,1-6H3. The van der Waals surface area contributed by atoms with Gasteiger partial charge in [-0.05, 0) is 93.3 Å². The predicted octanol–water partition coefficient (Wildman–Crippen LogP) is 8.12. The van der Waals surface area contributed by atoms with Crippen LogP contribution in [-0.2, 0) is 19.6 Å². The fraction of sp³-hybridized carbons (Fsp3) is 0.273. The van der Waals surface area contributed by atoms with Gasteiger partial charge in [0.2, 0.25) is 5.95 Å². The fourth-order valence-electron chi connectivity index (χ4n) is 7.59. The normalized spacial score (nSPS) is 12.8. The summed E-state index contributed by atoms with van der Waals surface area (Å²) in [4.78, 5) is 13.3. The van der Waals surface area contributed by atoms with Crippen LogP contribution in [-0.4, -0.2) is 83.9 Å². The van der Waals surface area contributed by atoms with Crippen LogP contribution in [0.4, 0.5) is 8.78 Å². The zero-order valence-corrected chi connectivity index (χ0v) is 32.0. The summed E-state index contributed by atoms with van der Waals surface area (Å²) in [5.41, 5.74) is 5.01. The molecule has 0 aliphatic heterocycles. The van der Waals surface area contributed by atoms with E-state index in [1.54, 1.807) is 38.7 Å². The van der Waals surface area contributed by atoms with Crippen molar-refractivity contribution in [2.75, 3.05) is 49.0 Å². The maximum Gasteiger partial charge on any atom is 0.234 e. The molecule has 0 radical (unpaired) electrons. The van der Waals surface area contributed by atoms with Gasteiger partial charge in [0, 0.05) is 66.7 Å². The Morgan fingerprint density at radius 1 is 0.764 bits per heavy atom. The van der Waals surface area contributed by atoms with Crippen LogP contribution in [0.25, 0.3) is 27.8 Å². The van der Waals surface area contributed by atoms with Crippen molar-refractivity contribution in [3.8, 4) is 23.2 Å². The van der Waals surface area contributed by atoms with E-state index in [9.17, 15) is 0 Å². The lowest BCUT2D eigenvalue weighted by Crippen LogP contribution is -2.40. The molecule has 3 aromatic heterocycles. The number of likely N-dealkylation sites (N-methyl/N-ethyl adjacent to an activating group) is 2. The monoisotopic (exact) mass is 744 g/mol. The molecule has 0 fully saturated rings. The SMILES string of the molecule is COc1ccc(Cn2cc(C(CN(C)C)C(Cc3cn(-c4ncccn4)c4cc(F)cc(OC)c34)N(C)C)c3c(OCc4ccccc4)ccc(F)c32)cc1. The van der Waals surface area contributed by atoms with E-state index in [1.165, 1.54) is 18.2 Å². The highest BCUT2D eigenvalue weighted by molar-refractivity contribution is 5.92. The average molecular weight is 745 g/mol. The van der Waals surface area contributed by atoms with Crippen molar-refractivity contribution in [1.82, 2.24) is 28.9 Å². The first kappa shape index (κ1) is 37.5. The van der Waals surface area contributed by atoms with Crippen molar-refractivity contribution < 1.29 is 23.0 Å². The van der Waals surface area contributed by atoms with E-state index < -0.39 is 5.82 Å². The van der Waals surface area contributed by atoms with Crippen LogP contribution in [0.3, 0.4) is 0 Å².